The van der Waals surface area contributed by atoms with Gasteiger partial charge in [-0.05, 0) is 37.0 Å². The zero-order valence-corrected chi connectivity index (χ0v) is 7.07. The number of thiol groups is 1. The summed E-state index contributed by atoms with van der Waals surface area (Å²) in [5.41, 5.74) is 1.46. The second-order valence-corrected chi connectivity index (χ2v) is 3.02. The monoisotopic (exact) mass is 158 g/mol. The van der Waals surface area contributed by atoms with Gasteiger partial charge in [0.1, 0.15) is 0 Å². The largest absolute Gasteiger partial charge is 0.501 e. The van der Waals surface area contributed by atoms with Gasteiger partial charge in [-0.2, -0.15) is 12.6 Å². The van der Waals surface area contributed by atoms with Crippen molar-refractivity contribution in [2.75, 3.05) is 12.4 Å². The minimum atomic E-state index is 0.907. The maximum absolute atomic E-state index is 5.19. The number of rotatable bonds is 3. The lowest BCUT2D eigenvalue weighted by atomic mass is 10.1. The Kier molecular flexibility index (Phi) is 3.73. The van der Waals surface area contributed by atoms with Crippen molar-refractivity contribution in [3.63, 3.8) is 0 Å². The summed E-state index contributed by atoms with van der Waals surface area (Å²) < 4.78 is 5.19. The van der Waals surface area contributed by atoms with Crippen molar-refractivity contribution in [1.82, 2.24) is 0 Å². The smallest absolute Gasteiger partial charge is 0.0876 e. The molecule has 0 unspecified atom stereocenters. The van der Waals surface area contributed by atoms with E-state index in [2.05, 4.69) is 12.6 Å². The van der Waals surface area contributed by atoms with Gasteiger partial charge in [-0.25, -0.2) is 0 Å². The summed E-state index contributed by atoms with van der Waals surface area (Å²) in [6.45, 7) is 0.907. The summed E-state index contributed by atoms with van der Waals surface area (Å²) in [6, 6.07) is 0. The predicted molar refractivity (Wildman–Crippen MR) is 46.4 cm³/mol. The Labute approximate surface area is 67.9 Å². The molecule has 1 heterocycles. The lowest BCUT2D eigenvalue weighted by molar-refractivity contribution is 0.223. The number of hydrogen-bond donors (Lipinski definition) is 1. The van der Waals surface area contributed by atoms with Crippen molar-refractivity contribution < 1.29 is 4.74 Å². The summed E-state index contributed by atoms with van der Waals surface area (Å²) >= 11 is 4.15. The van der Waals surface area contributed by atoms with Crippen LogP contribution in [0.3, 0.4) is 0 Å². The van der Waals surface area contributed by atoms with Crippen LogP contribution in [0.5, 0.6) is 0 Å². The van der Waals surface area contributed by atoms with Crippen molar-refractivity contribution in [3.8, 4) is 0 Å². The van der Waals surface area contributed by atoms with Gasteiger partial charge in [0.25, 0.3) is 0 Å². The third-order valence-corrected chi connectivity index (χ3v) is 1.98. The van der Waals surface area contributed by atoms with Crippen LogP contribution in [0, 0.1) is 0 Å². The molecule has 0 saturated carbocycles. The predicted octanol–water partition coefficient (Wildman–Crippen LogP) is 2.39. The van der Waals surface area contributed by atoms with Gasteiger partial charge in [-0.3, -0.25) is 0 Å². The van der Waals surface area contributed by atoms with E-state index < -0.39 is 0 Å². The van der Waals surface area contributed by atoms with Gasteiger partial charge in [0.05, 0.1) is 12.9 Å². The highest BCUT2D eigenvalue weighted by molar-refractivity contribution is 7.80. The summed E-state index contributed by atoms with van der Waals surface area (Å²) in [4.78, 5) is 0. The molecule has 10 heavy (non-hydrogen) atoms. The first-order valence-electron chi connectivity index (χ1n) is 3.84. The molecule has 0 saturated heterocycles. The van der Waals surface area contributed by atoms with E-state index in [4.69, 9.17) is 4.74 Å². The maximum Gasteiger partial charge on any atom is 0.0876 e. The van der Waals surface area contributed by atoms with E-state index >= 15 is 0 Å². The summed E-state index contributed by atoms with van der Waals surface area (Å²) in [7, 11) is 0. The average molecular weight is 158 g/mol. The van der Waals surface area contributed by atoms with Gasteiger partial charge in [0, 0.05) is 0 Å². The van der Waals surface area contributed by atoms with Crippen LogP contribution in [0.4, 0.5) is 0 Å². The Morgan fingerprint density at radius 1 is 1.60 bits per heavy atom. The highest BCUT2D eigenvalue weighted by Crippen LogP contribution is 2.16. The first kappa shape index (κ1) is 7.99. The van der Waals surface area contributed by atoms with Crippen molar-refractivity contribution in [3.05, 3.63) is 11.8 Å². The summed E-state index contributed by atoms with van der Waals surface area (Å²) in [6.07, 6.45) is 6.70. The highest BCUT2D eigenvalue weighted by Gasteiger charge is 2.02. The topological polar surface area (TPSA) is 9.23 Å². The Morgan fingerprint density at radius 2 is 2.50 bits per heavy atom. The van der Waals surface area contributed by atoms with E-state index in [0.29, 0.717) is 0 Å². The first-order valence-corrected chi connectivity index (χ1v) is 4.47. The van der Waals surface area contributed by atoms with E-state index in [9.17, 15) is 0 Å². The molecule has 58 valence electrons. The van der Waals surface area contributed by atoms with Crippen molar-refractivity contribution in [2.45, 2.75) is 25.7 Å². The zero-order chi connectivity index (χ0) is 7.23. The lowest BCUT2D eigenvalue weighted by Crippen LogP contribution is -1.99. The van der Waals surface area contributed by atoms with Crippen LogP contribution in [-0.4, -0.2) is 12.4 Å². The third kappa shape index (κ3) is 2.65. The fourth-order valence-corrected chi connectivity index (χ4v) is 1.27. The van der Waals surface area contributed by atoms with E-state index in [1.54, 1.807) is 0 Å². The molecular formula is C8H14OS. The van der Waals surface area contributed by atoms with Crippen LogP contribution < -0.4 is 0 Å². The Bertz CT molecular complexity index is 120. The standard InChI is InChI=1S/C8H14OS/c10-6-2-4-8-3-1-5-9-7-8/h7,10H,1-6H2. The zero-order valence-electron chi connectivity index (χ0n) is 6.18. The van der Waals surface area contributed by atoms with Gasteiger partial charge in [-0.15, -0.1) is 0 Å². The Morgan fingerprint density at radius 3 is 3.10 bits per heavy atom. The van der Waals surface area contributed by atoms with Gasteiger partial charge in [-0.1, -0.05) is 0 Å². The van der Waals surface area contributed by atoms with Crippen molar-refractivity contribution in [2.24, 2.45) is 0 Å². The fourth-order valence-electron chi connectivity index (χ4n) is 1.11. The van der Waals surface area contributed by atoms with Gasteiger partial charge < -0.3 is 4.74 Å². The molecule has 0 amide bonds. The summed E-state index contributed by atoms with van der Waals surface area (Å²) in [5.74, 6) is 0.983. The molecule has 1 nitrogen and oxygen atoms in total. The molecule has 0 bridgehead atoms. The van der Waals surface area contributed by atoms with Crippen LogP contribution in [0.15, 0.2) is 11.8 Å². The Hall–Kier alpha value is -0.110. The molecule has 0 atom stereocenters. The molecule has 2 heteroatoms. The van der Waals surface area contributed by atoms with Crippen LogP contribution in [-0.2, 0) is 4.74 Å². The minimum absolute atomic E-state index is 0.907. The average Bonchev–Trinajstić information content (AvgIpc) is 2.03. The molecule has 0 aromatic carbocycles. The van der Waals surface area contributed by atoms with Gasteiger partial charge >= 0.3 is 0 Å². The van der Waals surface area contributed by atoms with Gasteiger partial charge in [0.15, 0.2) is 0 Å². The normalized spacial score (nSPS) is 17.9. The molecule has 0 spiro atoms. The van der Waals surface area contributed by atoms with Gasteiger partial charge in [0.2, 0.25) is 0 Å². The maximum atomic E-state index is 5.19. The molecule has 0 aromatic heterocycles. The molecule has 0 N–H and O–H groups in total. The molecule has 1 aliphatic heterocycles. The van der Waals surface area contributed by atoms with Crippen LogP contribution >= 0.6 is 12.6 Å². The fraction of sp³-hybridized carbons (Fsp3) is 0.750. The van der Waals surface area contributed by atoms with E-state index in [1.165, 1.54) is 31.3 Å². The Balaban J connectivity index is 2.18. The number of hydrogen-bond acceptors (Lipinski definition) is 2. The third-order valence-electron chi connectivity index (χ3n) is 1.67. The first-order chi connectivity index (χ1) is 4.93. The second kappa shape index (κ2) is 4.67. The number of ether oxygens (including phenoxy) is 1. The molecular weight excluding hydrogens is 144 g/mol. The van der Waals surface area contributed by atoms with Crippen molar-refractivity contribution in [1.29, 1.82) is 0 Å². The number of allylic oxidation sites excluding steroid dienone is 1. The molecule has 1 aliphatic rings. The molecule has 0 radical (unpaired) electrons. The quantitative estimate of drug-likeness (QED) is 0.620. The lowest BCUT2D eigenvalue weighted by Gasteiger charge is -2.12. The van der Waals surface area contributed by atoms with E-state index in [1.807, 2.05) is 6.26 Å². The van der Waals surface area contributed by atoms with Crippen LogP contribution in [0.2, 0.25) is 0 Å². The highest BCUT2D eigenvalue weighted by atomic mass is 32.1. The second-order valence-electron chi connectivity index (χ2n) is 2.58. The van der Waals surface area contributed by atoms with Crippen LogP contribution in [0.25, 0.3) is 0 Å². The molecule has 0 aliphatic carbocycles. The van der Waals surface area contributed by atoms with Crippen molar-refractivity contribution >= 4 is 12.6 Å². The summed E-state index contributed by atoms with van der Waals surface area (Å²) in [5, 5.41) is 0. The SMILES string of the molecule is SCCCC1=COCCC1. The minimum Gasteiger partial charge on any atom is -0.501 e. The van der Waals surface area contributed by atoms with E-state index in [0.717, 1.165) is 12.4 Å². The molecule has 0 fully saturated rings. The molecule has 1 rings (SSSR count). The van der Waals surface area contributed by atoms with Crippen LogP contribution in [0.1, 0.15) is 25.7 Å². The van der Waals surface area contributed by atoms with E-state index in [-0.39, 0.29) is 0 Å². The molecule has 0 aromatic rings.